The first-order chi connectivity index (χ1) is 11.5. The van der Waals surface area contributed by atoms with Gasteiger partial charge < -0.3 is 24.6 Å². The number of piperazine rings is 1. The number of aliphatic hydroxyl groups excluding tert-OH is 1. The topological polar surface area (TPSA) is 63.2 Å². The van der Waals surface area contributed by atoms with Crippen LogP contribution >= 0.6 is 0 Å². The SMILES string of the molecule is CC1(C)OC2OC(CN3CCNC(c4ccccc4)C3)C(O)C2O1. The molecule has 3 aliphatic heterocycles. The molecule has 1 aromatic rings. The number of benzene rings is 1. The number of rotatable bonds is 3. The molecule has 0 bridgehead atoms. The number of hydrogen-bond donors (Lipinski definition) is 2. The van der Waals surface area contributed by atoms with Gasteiger partial charge in [-0.3, -0.25) is 4.90 Å². The van der Waals surface area contributed by atoms with Crippen molar-refractivity contribution in [1.82, 2.24) is 10.2 Å². The van der Waals surface area contributed by atoms with E-state index >= 15 is 0 Å². The second-order valence-electron chi connectivity index (χ2n) is 7.31. The van der Waals surface area contributed by atoms with E-state index in [1.54, 1.807) is 0 Å². The Morgan fingerprint density at radius 2 is 2.04 bits per heavy atom. The zero-order chi connectivity index (χ0) is 16.7. The predicted molar refractivity (Wildman–Crippen MR) is 88.3 cm³/mol. The molecule has 3 heterocycles. The van der Waals surface area contributed by atoms with Crippen LogP contribution in [-0.2, 0) is 14.2 Å². The lowest BCUT2D eigenvalue weighted by Gasteiger charge is -2.36. The molecular formula is C18H26N2O4. The van der Waals surface area contributed by atoms with E-state index < -0.39 is 24.3 Å². The molecule has 3 fully saturated rings. The molecule has 0 radical (unpaired) electrons. The van der Waals surface area contributed by atoms with Crippen LogP contribution in [0.2, 0.25) is 0 Å². The summed E-state index contributed by atoms with van der Waals surface area (Å²) in [6, 6.07) is 10.8. The van der Waals surface area contributed by atoms with Crippen LogP contribution in [0.4, 0.5) is 0 Å². The summed E-state index contributed by atoms with van der Waals surface area (Å²) >= 11 is 0. The van der Waals surface area contributed by atoms with E-state index in [-0.39, 0.29) is 6.10 Å². The molecule has 0 saturated carbocycles. The second kappa shape index (κ2) is 6.37. The third-order valence-electron chi connectivity index (χ3n) is 5.01. The van der Waals surface area contributed by atoms with Gasteiger partial charge in [-0.25, -0.2) is 0 Å². The molecule has 132 valence electrons. The van der Waals surface area contributed by atoms with Gasteiger partial charge in [0.25, 0.3) is 0 Å². The summed E-state index contributed by atoms with van der Waals surface area (Å²) in [5.41, 5.74) is 1.29. The highest BCUT2D eigenvalue weighted by Gasteiger charge is 2.54. The quantitative estimate of drug-likeness (QED) is 0.855. The number of nitrogens with zero attached hydrogens (tertiary/aromatic N) is 1. The fourth-order valence-corrected chi connectivity index (χ4v) is 3.85. The number of fused-ring (bicyclic) bond motifs is 1. The molecule has 1 aromatic carbocycles. The highest BCUT2D eigenvalue weighted by Crippen LogP contribution is 2.37. The first-order valence-corrected chi connectivity index (χ1v) is 8.72. The van der Waals surface area contributed by atoms with Crippen molar-refractivity contribution >= 4 is 0 Å². The van der Waals surface area contributed by atoms with Crippen molar-refractivity contribution in [3.05, 3.63) is 35.9 Å². The van der Waals surface area contributed by atoms with Crippen molar-refractivity contribution in [2.24, 2.45) is 0 Å². The van der Waals surface area contributed by atoms with Gasteiger partial charge in [0.05, 0.1) is 0 Å². The summed E-state index contributed by atoms with van der Waals surface area (Å²) < 4.78 is 17.4. The summed E-state index contributed by atoms with van der Waals surface area (Å²) in [5, 5.41) is 14.1. The molecule has 2 N–H and O–H groups in total. The Bertz CT molecular complexity index is 567. The molecule has 0 spiro atoms. The monoisotopic (exact) mass is 334 g/mol. The summed E-state index contributed by atoms with van der Waals surface area (Å²) in [6.07, 6.45) is -1.78. The van der Waals surface area contributed by atoms with E-state index in [1.807, 2.05) is 19.9 Å². The highest BCUT2D eigenvalue weighted by molar-refractivity contribution is 5.19. The van der Waals surface area contributed by atoms with Crippen molar-refractivity contribution in [1.29, 1.82) is 0 Å². The van der Waals surface area contributed by atoms with Crippen LogP contribution in [0.5, 0.6) is 0 Å². The zero-order valence-corrected chi connectivity index (χ0v) is 14.2. The maximum Gasteiger partial charge on any atom is 0.190 e. The van der Waals surface area contributed by atoms with E-state index in [1.165, 1.54) is 5.56 Å². The van der Waals surface area contributed by atoms with Crippen LogP contribution in [-0.4, -0.2) is 66.6 Å². The van der Waals surface area contributed by atoms with E-state index in [9.17, 15) is 5.11 Å². The lowest BCUT2D eigenvalue weighted by Crippen LogP contribution is -2.50. The third-order valence-corrected chi connectivity index (χ3v) is 5.01. The van der Waals surface area contributed by atoms with Crippen molar-refractivity contribution in [3.63, 3.8) is 0 Å². The average Bonchev–Trinajstić information content (AvgIpc) is 3.02. The highest BCUT2D eigenvalue weighted by atomic mass is 16.8. The normalized spacial score (nSPS) is 39.0. The van der Waals surface area contributed by atoms with Crippen LogP contribution in [0.1, 0.15) is 25.5 Å². The minimum atomic E-state index is -0.686. The molecular weight excluding hydrogens is 308 g/mol. The maximum atomic E-state index is 10.5. The molecule has 5 unspecified atom stereocenters. The largest absolute Gasteiger partial charge is 0.387 e. The van der Waals surface area contributed by atoms with E-state index in [0.29, 0.717) is 12.6 Å². The summed E-state index contributed by atoms with van der Waals surface area (Å²) in [4.78, 5) is 2.34. The lowest BCUT2D eigenvalue weighted by molar-refractivity contribution is -0.216. The summed E-state index contributed by atoms with van der Waals surface area (Å²) in [7, 11) is 0. The van der Waals surface area contributed by atoms with Crippen LogP contribution in [0.3, 0.4) is 0 Å². The molecule has 4 rings (SSSR count). The van der Waals surface area contributed by atoms with Crippen molar-refractivity contribution in [2.45, 2.75) is 50.3 Å². The Balaban J connectivity index is 1.36. The molecule has 5 atom stereocenters. The van der Waals surface area contributed by atoms with Crippen LogP contribution in [0.25, 0.3) is 0 Å². The molecule has 6 heteroatoms. The third kappa shape index (κ3) is 3.22. The Kier molecular flexibility index (Phi) is 4.36. The molecule has 0 aliphatic carbocycles. The zero-order valence-electron chi connectivity index (χ0n) is 14.2. The van der Waals surface area contributed by atoms with E-state index in [4.69, 9.17) is 14.2 Å². The molecule has 0 aromatic heterocycles. The van der Waals surface area contributed by atoms with Gasteiger partial charge in [-0.15, -0.1) is 0 Å². The maximum absolute atomic E-state index is 10.5. The number of ether oxygens (including phenoxy) is 3. The van der Waals surface area contributed by atoms with E-state index in [2.05, 4.69) is 34.5 Å². The fourth-order valence-electron chi connectivity index (χ4n) is 3.85. The van der Waals surface area contributed by atoms with Gasteiger partial charge in [0.1, 0.15) is 18.3 Å². The van der Waals surface area contributed by atoms with Gasteiger partial charge >= 0.3 is 0 Å². The minimum Gasteiger partial charge on any atom is -0.387 e. The van der Waals surface area contributed by atoms with Crippen LogP contribution < -0.4 is 5.32 Å². The second-order valence-corrected chi connectivity index (χ2v) is 7.31. The van der Waals surface area contributed by atoms with Gasteiger partial charge in [-0.1, -0.05) is 30.3 Å². The number of hydrogen-bond acceptors (Lipinski definition) is 6. The molecule has 3 saturated heterocycles. The van der Waals surface area contributed by atoms with Crippen LogP contribution in [0.15, 0.2) is 30.3 Å². The molecule has 3 aliphatic rings. The first-order valence-electron chi connectivity index (χ1n) is 8.72. The minimum absolute atomic E-state index is 0.273. The smallest absolute Gasteiger partial charge is 0.190 e. The Morgan fingerprint density at radius 1 is 1.25 bits per heavy atom. The van der Waals surface area contributed by atoms with E-state index in [0.717, 1.165) is 19.6 Å². The van der Waals surface area contributed by atoms with Crippen molar-refractivity contribution in [2.75, 3.05) is 26.2 Å². The Morgan fingerprint density at radius 3 is 2.79 bits per heavy atom. The standard InChI is InChI=1S/C18H26N2O4/c1-18(2)23-16-15(21)14(22-17(16)24-18)11-20-9-8-19-13(10-20)12-6-4-3-5-7-12/h3-7,13-17,19,21H,8-11H2,1-2H3. The van der Waals surface area contributed by atoms with Gasteiger partial charge in [0, 0.05) is 32.2 Å². The fraction of sp³-hybridized carbons (Fsp3) is 0.667. The summed E-state index contributed by atoms with van der Waals surface area (Å²) in [5.74, 6) is -0.686. The Labute approximate surface area is 142 Å². The first kappa shape index (κ1) is 16.4. The number of aliphatic hydroxyl groups is 1. The van der Waals surface area contributed by atoms with Crippen molar-refractivity contribution < 1.29 is 19.3 Å². The van der Waals surface area contributed by atoms with Crippen molar-refractivity contribution in [3.8, 4) is 0 Å². The average molecular weight is 334 g/mol. The molecule has 6 nitrogen and oxygen atoms in total. The summed E-state index contributed by atoms with van der Waals surface area (Å²) in [6.45, 7) is 7.15. The van der Waals surface area contributed by atoms with Gasteiger partial charge in [-0.05, 0) is 19.4 Å². The number of nitrogens with one attached hydrogen (secondary N) is 1. The predicted octanol–water partition coefficient (Wildman–Crippen LogP) is 0.870. The lowest BCUT2D eigenvalue weighted by atomic mass is 10.0. The van der Waals surface area contributed by atoms with Gasteiger partial charge in [0.15, 0.2) is 12.1 Å². The Hall–Kier alpha value is -1.02. The van der Waals surface area contributed by atoms with Gasteiger partial charge in [0.2, 0.25) is 0 Å². The molecule has 24 heavy (non-hydrogen) atoms. The molecule has 0 amide bonds. The van der Waals surface area contributed by atoms with Gasteiger partial charge in [-0.2, -0.15) is 0 Å². The van der Waals surface area contributed by atoms with Crippen LogP contribution in [0, 0.1) is 0 Å².